The Bertz CT molecular complexity index is 522. The number of hydrogen-bond donors (Lipinski definition) is 2. The van der Waals surface area contributed by atoms with Crippen molar-refractivity contribution >= 4 is 22.4 Å². The van der Waals surface area contributed by atoms with Gasteiger partial charge in [-0.1, -0.05) is 0 Å². The van der Waals surface area contributed by atoms with E-state index in [1.54, 1.807) is 24.5 Å². The number of nitrogens with one attached hydrogen (secondary N) is 2. The molecule has 1 heterocycles. The van der Waals surface area contributed by atoms with E-state index in [1.807, 2.05) is 0 Å². The van der Waals surface area contributed by atoms with Crippen molar-refractivity contribution in [1.29, 1.82) is 0 Å². The number of carbonyl (C=O) groups excluding carboxylic acids is 1. The van der Waals surface area contributed by atoms with E-state index in [9.17, 15) is 9.00 Å². The molecule has 116 valence electrons. The van der Waals surface area contributed by atoms with Gasteiger partial charge in [0.2, 0.25) is 5.91 Å². The van der Waals surface area contributed by atoms with Gasteiger partial charge in [-0.25, -0.2) is 0 Å². The zero-order chi connectivity index (χ0) is 15.1. The van der Waals surface area contributed by atoms with Gasteiger partial charge in [0.25, 0.3) is 0 Å². The van der Waals surface area contributed by atoms with Gasteiger partial charge in [0, 0.05) is 34.6 Å². The summed E-state index contributed by atoms with van der Waals surface area (Å²) >= 11 is 0. The molecule has 0 fully saturated rings. The molecule has 0 saturated carbocycles. The molecule has 1 aromatic carbocycles. The molecule has 0 bridgehead atoms. The van der Waals surface area contributed by atoms with Gasteiger partial charge in [-0.3, -0.25) is 9.00 Å². The van der Waals surface area contributed by atoms with Crippen LogP contribution in [0.15, 0.2) is 18.2 Å². The van der Waals surface area contributed by atoms with Crippen molar-refractivity contribution in [1.82, 2.24) is 5.32 Å². The molecular formula is C14H20N2O4S. The topological polar surface area (TPSA) is 76.7 Å². The Balaban J connectivity index is 1.73. The summed E-state index contributed by atoms with van der Waals surface area (Å²) in [4.78, 5) is 11.8. The summed E-state index contributed by atoms with van der Waals surface area (Å²) in [5, 5.41) is 5.82. The minimum Gasteiger partial charge on any atom is -0.486 e. The number of benzene rings is 1. The third kappa shape index (κ3) is 5.35. The van der Waals surface area contributed by atoms with Crippen LogP contribution in [0.2, 0.25) is 0 Å². The second kappa shape index (κ2) is 7.99. The molecule has 0 saturated heterocycles. The molecule has 0 radical (unpaired) electrons. The molecule has 1 atom stereocenters. The fourth-order valence-corrected chi connectivity index (χ4v) is 2.48. The predicted octanol–water partition coefficient (Wildman–Crippen LogP) is 0.754. The fourth-order valence-electron chi connectivity index (χ4n) is 1.93. The summed E-state index contributed by atoms with van der Waals surface area (Å²) in [7, 11) is -0.779. The van der Waals surface area contributed by atoms with E-state index < -0.39 is 10.8 Å². The Hall–Kier alpha value is -1.60. The van der Waals surface area contributed by atoms with Crippen molar-refractivity contribution in [3.63, 3.8) is 0 Å². The molecule has 2 rings (SSSR count). The van der Waals surface area contributed by atoms with Gasteiger partial charge in [0.1, 0.15) is 13.2 Å². The zero-order valence-electron chi connectivity index (χ0n) is 12.0. The number of fused-ring (bicyclic) bond motifs is 1. The normalized spacial score (nSPS) is 14.5. The molecule has 21 heavy (non-hydrogen) atoms. The van der Waals surface area contributed by atoms with E-state index in [2.05, 4.69) is 10.6 Å². The third-order valence-electron chi connectivity index (χ3n) is 2.90. The largest absolute Gasteiger partial charge is 0.486 e. The van der Waals surface area contributed by atoms with Crippen LogP contribution in [0.1, 0.15) is 6.42 Å². The molecule has 1 unspecified atom stereocenters. The van der Waals surface area contributed by atoms with E-state index >= 15 is 0 Å². The van der Waals surface area contributed by atoms with E-state index in [1.165, 1.54) is 0 Å². The quantitative estimate of drug-likeness (QED) is 0.727. The molecule has 1 aliphatic heterocycles. The Labute approximate surface area is 126 Å². The maximum atomic E-state index is 11.8. The van der Waals surface area contributed by atoms with Gasteiger partial charge in [-0.05, 0) is 25.1 Å². The number of amides is 1. The molecular weight excluding hydrogens is 292 g/mol. The van der Waals surface area contributed by atoms with Crippen LogP contribution < -0.4 is 20.1 Å². The lowest BCUT2D eigenvalue weighted by Crippen LogP contribution is -2.29. The number of anilines is 1. The van der Waals surface area contributed by atoms with E-state index in [4.69, 9.17) is 9.47 Å². The molecule has 6 nitrogen and oxygen atoms in total. The molecule has 7 heteroatoms. The van der Waals surface area contributed by atoms with Crippen LogP contribution in [0.25, 0.3) is 0 Å². The predicted molar refractivity (Wildman–Crippen MR) is 82.5 cm³/mol. The summed E-state index contributed by atoms with van der Waals surface area (Å²) in [6.07, 6.45) is 2.47. The smallest absolute Gasteiger partial charge is 0.238 e. The summed E-state index contributed by atoms with van der Waals surface area (Å²) in [6.45, 7) is 1.97. The van der Waals surface area contributed by atoms with Crippen molar-refractivity contribution in [2.24, 2.45) is 0 Å². The van der Waals surface area contributed by atoms with Gasteiger partial charge in [0.05, 0.1) is 6.54 Å². The molecule has 1 aliphatic rings. The highest BCUT2D eigenvalue weighted by Gasteiger charge is 2.12. The van der Waals surface area contributed by atoms with Crippen LogP contribution in [0, 0.1) is 0 Å². The van der Waals surface area contributed by atoms with Crippen LogP contribution in [-0.2, 0) is 15.6 Å². The molecule has 0 aromatic heterocycles. The van der Waals surface area contributed by atoms with Crippen LogP contribution in [-0.4, -0.2) is 48.4 Å². The van der Waals surface area contributed by atoms with Gasteiger partial charge >= 0.3 is 0 Å². The third-order valence-corrected chi connectivity index (χ3v) is 3.76. The van der Waals surface area contributed by atoms with Gasteiger partial charge in [-0.2, -0.15) is 0 Å². The van der Waals surface area contributed by atoms with E-state index in [-0.39, 0.29) is 12.5 Å². The average molecular weight is 312 g/mol. The average Bonchev–Trinajstić information content (AvgIpc) is 2.46. The first-order valence-electron chi connectivity index (χ1n) is 6.85. The Morgan fingerprint density at radius 1 is 1.29 bits per heavy atom. The van der Waals surface area contributed by atoms with Crippen LogP contribution in [0.4, 0.5) is 5.69 Å². The summed E-state index contributed by atoms with van der Waals surface area (Å²) in [6, 6.07) is 5.33. The Morgan fingerprint density at radius 2 is 2.05 bits per heavy atom. The molecule has 2 N–H and O–H groups in total. The monoisotopic (exact) mass is 312 g/mol. The number of hydrogen-bond acceptors (Lipinski definition) is 5. The fraction of sp³-hybridized carbons (Fsp3) is 0.500. The summed E-state index contributed by atoms with van der Waals surface area (Å²) in [5.41, 5.74) is 0.681. The second-order valence-corrected chi connectivity index (χ2v) is 6.27. The number of carbonyl (C=O) groups is 1. The Morgan fingerprint density at radius 3 is 2.81 bits per heavy atom. The van der Waals surface area contributed by atoms with Gasteiger partial charge < -0.3 is 20.1 Å². The SMILES string of the molecule is CS(=O)CCCNCC(=O)Nc1ccc2c(c1)OCCO2. The van der Waals surface area contributed by atoms with E-state index in [0.717, 1.165) is 6.42 Å². The first-order valence-corrected chi connectivity index (χ1v) is 8.58. The van der Waals surface area contributed by atoms with Crippen LogP contribution in [0.3, 0.4) is 0 Å². The Kier molecular flexibility index (Phi) is 6.01. The number of rotatable bonds is 7. The first kappa shape index (κ1) is 15.8. The lowest BCUT2D eigenvalue weighted by atomic mass is 10.2. The molecule has 0 spiro atoms. The minimum atomic E-state index is -0.779. The zero-order valence-corrected chi connectivity index (χ0v) is 12.8. The lowest BCUT2D eigenvalue weighted by Gasteiger charge is -2.19. The first-order chi connectivity index (χ1) is 10.1. The van der Waals surface area contributed by atoms with Crippen LogP contribution >= 0.6 is 0 Å². The minimum absolute atomic E-state index is 0.121. The highest BCUT2D eigenvalue weighted by Crippen LogP contribution is 2.32. The van der Waals surface area contributed by atoms with Crippen molar-refractivity contribution in [2.45, 2.75) is 6.42 Å². The van der Waals surface area contributed by atoms with Crippen molar-refractivity contribution < 1.29 is 18.5 Å². The highest BCUT2D eigenvalue weighted by molar-refractivity contribution is 7.84. The van der Waals surface area contributed by atoms with Crippen molar-refractivity contribution in [3.05, 3.63) is 18.2 Å². The summed E-state index contributed by atoms with van der Waals surface area (Å²) in [5.74, 6) is 1.88. The van der Waals surface area contributed by atoms with Gasteiger partial charge in [-0.15, -0.1) is 0 Å². The lowest BCUT2D eigenvalue weighted by molar-refractivity contribution is -0.115. The van der Waals surface area contributed by atoms with Crippen LogP contribution in [0.5, 0.6) is 11.5 Å². The maximum absolute atomic E-state index is 11.8. The summed E-state index contributed by atoms with van der Waals surface area (Å²) < 4.78 is 21.8. The maximum Gasteiger partial charge on any atom is 0.238 e. The van der Waals surface area contributed by atoms with Gasteiger partial charge in [0.15, 0.2) is 11.5 Å². The van der Waals surface area contributed by atoms with E-state index in [0.29, 0.717) is 42.7 Å². The molecule has 0 aliphatic carbocycles. The number of ether oxygens (including phenoxy) is 2. The highest BCUT2D eigenvalue weighted by atomic mass is 32.2. The van der Waals surface area contributed by atoms with Crippen molar-refractivity contribution in [2.75, 3.05) is 43.6 Å². The molecule has 1 amide bonds. The van der Waals surface area contributed by atoms with Crippen molar-refractivity contribution in [3.8, 4) is 11.5 Å². The second-order valence-electron chi connectivity index (χ2n) is 4.71. The standard InChI is InChI=1S/C14H20N2O4S/c1-21(18)8-2-5-15-10-14(17)16-11-3-4-12-13(9-11)20-7-6-19-12/h3-4,9,15H,2,5-8,10H2,1H3,(H,16,17). The molecule has 1 aromatic rings.